The minimum Gasteiger partial charge on any atom is -0.211 e. The summed E-state index contributed by atoms with van der Waals surface area (Å²) in [5.41, 5.74) is 0.881. The molecule has 1 aromatic carbocycles. The molecule has 0 spiro atoms. The largest absolute Gasteiger partial charge is 0.226 e. The fourth-order valence-corrected chi connectivity index (χ4v) is 2.74. The van der Waals surface area contributed by atoms with E-state index in [1.807, 2.05) is 24.3 Å². The fraction of sp³-hybridized carbons (Fsp3) is 0.333. The fourth-order valence-electron chi connectivity index (χ4n) is 1.19. The number of alkyl halides is 1. The summed E-state index contributed by atoms with van der Waals surface area (Å²) in [5, 5.41) is -0.429. The van der Waals surface area contributed by atoms with Gasteiger partial charge in [-0.05, 0) is 18.6 Å². The van der Waals surface area contributed by atoms with Gasteiger partial charge < -0.3 is 0 Å². The van der Waals surface area contributed by atoms with E-state index in [1.165, 1.54) is 0 Å². The molecule has 0 amide bonds. The SMILES string of the molecule is C[C@@H](NS(=O)(=O)CCl)c1ccccc1Br. The zero-order valence-corrected chi connectivity index (χ0v) is 11.2. The van der Waals surface area contributed by atoms with E-state index in [2.05, 4.69) is 20.7 Å². The highest BCUT2D eigenvalue weighted by Gasteiger charge is 2.15. The van der Waals surface area contributed by atoms with Crippen LogP contribution in [0.25, 0.3) is 0 Å². The Morgan fingerprint density at radius 3 is 2.60 bits per heavy atom. The lowest BCUT2D eigenvalue weighted by Gasteiger charge is -2.14. The normalized spacial score (nSPS) is 13.8. The number of halogens is 2. The van der Waals surface area contributed by atoms with E-state index in [0.29, 0.717) is 0 Å². The van der Waals surface area contributed by atoms with Gasteiger partial charge in [-0.15, -0.1) is 11.6 Å². The van der Waals surface area contributed by atoms with Crippen LogP contribution >= 0.6 is 27.5 Å². The Labute approximate surface area is 103 Å². The van der Waals surface area contributed by atoms with Crippen molar-refractivity contribution in [2.75, 3.05) is 5.21 Å². The van der Waals surface area contributed by atoms with Gasteiger partial charge in [-0.1, -0.05) is 34.1 Å². The summed E-state index contributed by atoms with van der Waals surface area (Å²) >= 11 is 8.66. The Balaban J connectivity index is 2.87. The summed E-state index contributed by atoms with van der Waals surface area (Å²) < 4.78 is 25.8. The number of hydrogen-bond donors (Lipinski definition) is 1. The maximum atomic E-state index is 11.2. The molecule has 1 N–H and O–H groups in total. The van der Waals surface area contributed by atoms with Crippen molar-refractivity contribution < 1.29 is 8.42 Å². The van der Waals surface area contributed by atoms with E-state index < -0.39 is 15.2 Å². The van der Waals surface area contributed by atoms with Gasteiger partial charge in [0.1, 0.15) is 5.21 Å². The second-order valence-corrected chi connectivity index (χ2v) is 6.28. The third-order valence-corrected chi connectivity index (χ3v) is 4.46. The maximum absolute atomic E-state index is 11.2. The van der Waals surface area contributed by atoms with Crippen LogP contribution in [0, 0.1) is 0 Å². The van der Waals surface area contributed by atoms with Crippen molar-refractivity contribution in [3.05, 3.63) is 34.3 Å². The maximum Gasteiger partial charge on any atom is 0.226 e. The zero-order valence-electron chi connectivity index (χ0n) is 8.07. The monoisotopic (exact) mass is 311 g/mol. The second-order valence-electron chi connectivity index (χ2n) is 3.08. The van der Waals surface area contributed by atoms with E-state index in [1.54, 1.807) is 6.92 Å². The first-order valence-corrected chi connectivity index (χ1v) is 7.24. The summed E-state index contributed by atoms with van der Waals surface area (Å²) in [7, 11) is -3.39. The highest BCUT2D eigenvalue weighted by atomic mass is 79.9. The predicted octanol–water partition coefficient (Wildman–Crippen LogP) is 2.63. The van der Waals surface area contributed by atoms with E-state index in [-0.39, 0.29) is 6.04 Å². The van der Waals surface area contributed by atoms with Crippen molar-refractivity contribution >= 4 is 37.6 Å². The lowest BCUT2D eigenvalue weighted by Crippen LogP contribution is -2.27. The van der Waals surface area contributed by atoms with Crippen LogP contribution in [-0.4, -0.2) is 13.6 Å². The van der Waals surface area contributed by atoms with E-state index in [4.69, 9.17) is 11.6 Å². The molecule has 0 unspecified atom stereocenters. The average molecular weight is 313 g/mol. The Kier molecular flexibility index (Phi) is 4.58. The molecule has 0 aliphatic heterocycles. The van der Waals surface area contributed by atoms with Crippen LogP contribution < -0.4 is 4.72 Å². The first-order valence-electron chi connectivity index (χ1n) is 4.26. The number of benzene rings is 1. The molecule has 3 nitrogen and oxygen atoms in total. The minimum absolute atomic E-state index is 0.302. The molecule has 1 aromatic rings. The molecule has 6 heteroatoms. The molecule has 0 radical (unpaired) electrons. The Morgan fingerprint density at radius 1 is 1.47 bits per heavy atom. The van der Waals surface area contributed by atoms with Crippen LogP contribution in [-0.2, 0) is 10.0 Å². The van der Waals surface area contributed by atoms with Gasteiger partial charge in [0.2, 0.25) is 10.0 Å². The Hall–Kier alpha value is -0.100. The lowest BCUT2D eigenvalue weighted by molar-refractivity contribution is 0.571. The smallest absolute Gasteiger partial charge is 0.211 e. The van der Waals surface area contributed by atoms with Gasteiger partial charge in [0, 0.05) is 10.5 Å². The molecule has 0 fully saturated rings. The molecule has 0 aliphatic carbocycles. The molecule has 84 valence electrons. The highest BCUT2D eigenvalue weighted by Crippen LogP contribution is 2.23. The number of sulfonamides is 1. The molecule has 0 aliphatic rings. The highest BCUT2D eigenvalue weighted by molar-refractivity contribution is 9.10. The molecule has 15 heavy (non-hydrogen) atoms. The van der Waals surface area contributed by atoms with Gasteiger partial charge in [0.05, 0.1) is 0 Å². The van der Waals surface area contributed by atoms with Crippen LogP contribution in [0.5, 0.6) is 0 Å². The standard InChI is InChI=1S/C9H11BrClNO2S/c1-7(12-15(13,14)6-11)8-4-2-3-5-9(8)10/h2-5,7,12H,6H2,1H3/t7-/m1/s1. The first kappa shape index (κ1) is 13.0. The van der Waals surface area contributed by atoms with Gasteiger partial charge in [-0.25, -0.2) is 13.1 Å². The van der Waals surface area contributed by atoms with Crippen LogP contribution in [0.4, 0.5) is 0 Å². The van der Waals surface area contributed by atoms with Crippen molar-refractivity contribution in [1.29, 1.82) is 0 Å². The van der Waals surface area contributed by atoms with E-state index >= 15 is 0 Å². The second kappa shape index (κ2) is 5.30. The van der Waals surface area contributed by atoms with Crippen LogP contribution in [0.15, 0.2) is 28.7 Å². The van der Waals surface area contributed by atoms with Crippen molar-refractivity contribution in [2.24, 2.45) is 0 Å². The number of nitrogens with one attached hydrogen (secondary N) is 1. The first-order chi connectivity index (χ1) is 6.96. The molecular formula is C9H11BrClNO2S. The molecule has 0 heterocycles. The van der Waals surface area contributed by atoms with Gasteiger partial charge in [0.25, 0.3) is 0 Å². The Morgan fingerprint density at radius 2 is 2.07 bits per heavy atom. The van der Waals surface area contributed by atoms with Gasteiger partial charge >= 0.3 is 0 Å². The van der Waals surface area contributed by atoms with Crippen molar-refractivity contribution in [2.45, 2.75) is 13.0 Å². The molecule has 0 aromatic heterocycles. The average Bonchev–Trinajstić information content (AvgIpc) is 2.17. The summed E-state index contributed by atoms with van der Waals surface area (Å²) in [4.78, 5) is 0. The Bertz CT molecular complexity index is 435. The summed E-state index contributed by atoms with van der Waals surface area (Å²) in [6.45, 7) is 1.77. The summed E-state index contributed by atoms with van der Waals surface area (Å²) in [6.07, 6.45) is 0. The third kappa shape index (κ3) is 3.75. The molecule has 0 saturated carbocycles. The van der Waals surface area contributed by atoms with Crippen LogP contribution in [0.1, 0.15) is 18.5 Å². The summed E-state index contributed by atoms with van der Waals surface area (Å²) in [6, 6.07) is 7.14. The van der Waals surface area contributed by atoms with Gasteiger partial charge in [0.15, 0.2) is 0 Å². The summed E-state index contributed by atoms with van der Waals surface area (Å²) in [5.74, 6) is 0. The van der Waals surface area contributed by atoms with Gasteiger partial charge in [-0.3, -0.25) is 0 Å². The van der Waals surface area contributed by atoms with Crippen molar-refractivity contribution in [3.8, 4) is 0 Å². The van der Waals surface area contributed by atoms with Crippen molar-refractivity contribution in [1.82, 2.24) is 4.72 Å². The van der Waals surface area contributed by atoms with Crippen molar-refractivity contribution in [3.63, 3.8) is 0 Å². The third-order valence-electron chi connectivity index (χ3n) is 1.87. The zero-order chi connectivity index (χ0) is 11.5. The number of hydrogen-bond acceptors (Lipinski definition) is 2. The van der Waals surface area contributed by atoms with Gasteiger partial charge in [-0.2, -0.15) is 0 Å². The van der Waals surface area contributed by atoms with Crippen LogP contribution in [0.3, 0.4) is 0 Å². The molecular weight excluding hydrogens is 302 g/mol. The van der Waals surface area contributed by atoms with E-state index in [9.17, 15) is 8.42 Å². The molecule has 0 saturated heterocycles. The molecule has 0 bridgehead atoms. The minimum atomic E-state index is -3.39. The quantitative estimate of drug-likeness (QED) is 0.869. The predicted molar refractivity (Wildman–Crippen MR) is 65.3 cm³/mol. The molecule has 1 atom stereocenters. The topological polar surface area (TPSA) is 46.2 Å². The van der Waals surface area contributed by atoms with E-state index in [0.717, 1.165) is 10.0 Å². The lowest BCUT2D eigenvalue weighted by atomic mass is 10.1. The van der Waals surface area contributed by atoms with Crippen LogP contribution in [0.2, 0.25) is 0 Å². The number of rotatable bonds is 4. The molecule has 1 rings (SSSR count).